The fourth-order valence-electron chi connectivity index (χ4n) is 0.937. The van der Waals surface area contributed by atoms with E-state index in [1.807, 2.05) is 0 Å². The summed E-state index contributed by atoms with van der Waals surface area (Å²) in [6, 6.07) is 2.59. The van der Waals surface area contributed by atoms with Crippen molar-refractivity contribution in [3.8, 4) is 0 Å². The van der Waals surface area contributed by atoms with Gasteiger partial charge in [0, 0.05) is 5.56 Å². The minimum atomic E-state index is -5.03. The van der Waals surface area contributed by atoms with Gasteiger partial charge in [-0.2, -0.15) is 13.2 Å². The van der Waals surface area contributed by atoms with E-state index < -0.39 is 32.5 Å². The average Bonchev–Trinajstić information content (AvgIpc) is 2.14. The summed E-state index contributed by atoms with van der Waals surface area (Å²) < 4.78 is 67.2. The van der Waals surface area contributed by atoms with Gasteiger partial charge >= 0.3 is 35.7 Å². The summed E-state index contributed by atoms with van der Waals surface area (Å²) in [5.74, 6) is -2.10. The summed E-state index contributed by atoms with van der Waals surface area (Å²) >= 11 is 0. The number of rotatable bonds is 2. The number of carbonyl (C=O) groups is 1. The van der Waals surface area contributed by atoms with E-state index in [9.17, 15) is 30.9 Å². The quantitative estimate of drug-likeness (QED) is 0.368. The van der Waals surface area contributed by atoms with E-state index in [2.05, 4.69) is 0 Å². The Labute approximate surface area is 117 Å². The van der Waals surface area contributed by atoms with Crippen molar-refractivity contribution in [2.24, 2.45) is 0 Å². The molecule has 0 aliphatic heterocycles. The number of halogens is 3. The van der Waals surface area contributed by atoms with E-state index in [1.54, 1.807) is 0 Å². The molecule has 0 amide bonds. The Balaban J connectivity index is 0.00000256. The molecule has 0 saturated carbocycles. The smallest absolute Gasteiger partial charge is 0.744 e. The van der Waals surface area contributed by atoms with Gasteiger partial charge in [-0.05, 0) is 24.3 Å². The van der Waals surface area contributed by atoms with Gasteiger partial charge in [-0.15, -0.1) is 0 Å². The number of benzene rings is 1. The molecule has 1 aromatic rings. The molecule has 0 unspecified atom stereocenters. The van der Waals surface area contributed by atoms with Gasteiger partial charge in [-0.3, -0.25) is 4.79 Å². The van der Waals surface area contributed by atoms with Crippen LogP contribution in [0.3, 0.4) is 0 Å². The predicted octanol–water partition coefficient (Wildman–Crippen LogP) is -1.66. The Kier molecular flexibility index (Phi) is 5.36. The topological polar surface area (TPSA) is 74.3 Å². The first-order valence-electron chi connectivity index (χ1n) is 3.80. The van der Waals surface area contributed by atoms with Crippen molar-refractivity contribution in [3.05, 3.63) is 29.8 Å². The summed E-state index contributed by atoms with van der Waals surface area (Å²) in [6.45, 7) is 0. The number of hydrogen-bond acceptors (Lipinski definition) is 4. The van der Waals surface area contributed by atoms with Gasteiger partial charge in [0.15, 0.2) is 0 Å². The number of carbonyl (C=O) groups excluding carboxylic acids is 1. The van der Waals surface area contributed by atoms with Gasteiger partial charge in [-0.1, -0.05) is 0 Å². The minimum Gasteiger partial charge on any atom is -0.744 e. The van der Waals surface area contributed by atoms with E-state index in [-0.39, 0.29) is 29.6 Å². The Morgan fingerprint density at radius 2 is 1.53 bits per heavy atom. The Bertz CT molecular complexity index is 507. The van der Waals surface area contributed by atoms with Crippen LogP contribution in [0.15, 0.2) is 29.2 Å². The first-order valence-corrected chi connectivity index (χ1v) is 5.20. The van der Waals surface area contributed by atoms with Crippen LogP contribution in [0.25, 0.3) is 0 Å². The van der Waals surface area contributed by atoms with Crippen molar-refractivity contribution < 1.29 is 60.5 Å². The van der Waals surface area contributed by atoms with Crippen LogP contribution in [0, 0.1) is 0 Å². The number of hydrogen-bond donors (Lipinski definition) is 0. The van der Waals surface area contributed by atoms with Crippen LogP contribution >= 0.6 is 0 Å². The molecular weight excluding hydrogens is 272 g/mol. The molecule has 1 rings (SSSR count). The molecule has 0 fully saturated rings. The molecule has 0 aliphatic rings. The Hall–Kier alpha value is -0.410. The van der Waals surface area contributed by atoms with Crippen molar-refractivity contribution in [2.45, 2.75) is 11.1 Å². The standard InChI is InChI=1S/C8H5F3O4S.Na/c9-8(10,11)7(12)5-1-3-6(4-2-5)16(13,14)15;/h1-4H,(H,13,14,15);/q;+1/p-1. The minimum absolute atomic E-state index is 0. The van der Waals surface area contributed by atoms with Crippen LogP contribution in [0.5, 0.6) is 0 Å². The molecule has 0 aliphatic carbocycles. The first-order chi connectivity index (χ1) is 7.12. The summed E-state index contributed by atoms with van der Waals surface area (Å²) in [6.07, 6.45) is -5.03. The van der Waals surface area contributed by atoms with Crippen LogP contribution in [-0.4, -0.2) is 24.9 Å². The molecule has 17 heavy (non-hydrogen) atoms. The maximum absolute atomic E-state index is 11.9. The van der Waals surface area contributed by atoms with E-state index in [0.29, 0.717) is 24.3 Å². The van der Waals surface area contributed by atoms with E-state index in [0.717, 1.165) is 0 Å². The van der Waals surface area contributed by atoms with E-state index >= 15 is 0 Å². The number of Topliss-reactive ketones (excluding diaryl/α,β-unsaturated/α-hetero) is 1. The molecule has 0 radical (unpaired) electrons. The van der Waals surface area contributed by atoms with Crippen molar-refractivity contribution in [1.29, 1.82) is 0 Å². The van der Waals surface area contributed by atoms with Crippen LogP contribution in [0.4, 0.5) is 13.2 Å². The maximum Gasteiger partial charge on any atom is 1.00 e. The Morgan fingerprint density at radius 1 is 1.12 bits per heavy atom. The average molecular weight is 276 g/mol. The molecule has 0 spiro atoms. The molecule has 0 atom stereocenters. The van der Waals surface area contributed by atoms with Crippen LogP contribution in [0.1, 0.15) is 10.4 Å². The summed E-state index contributed by atoms with van der Waals surface area (Å²) in [5.41, 5.74) is -0.722. The van der Waals surface area contributed by atoms with E-state index in [4.69, 9.17) is 0 Å². The zero-order valence-electron chi connectivity index (χ0n) is 8.48. The van der Waals surface area contributed by atoms with Gasteiger partial charge in [0.1, 0.15) is 10.1 Å². The molecule has 0 heterocycles. The number of ketones is 1. The van der Waals surface area contributed by atoms with Gasteiger partial charge in [0.05, 0.1) is 4.90 Å². The van der Waals surface area contributed by atoms with Crippen molar-refractivity contribution in [2.75, 3.05) is 0 Å². The van der Waals surface area contributed by atoms with Gasteiger partial charge < -0.3 is 4.55 Å². The zero-order valence-corrected chi connectivity index (χ0v) is 11.3. The SMILES string of the molecule is O=C(c1ccc(S(=O)(=O)[O-])cc1)C(F)(F)F.[Na+]. The molecule has 1 aromatic carbocycles. The first kappa shape index (κ1) is 16.6. The van der Waals surface area contributed by atoms with E-state index in [1.165, 1.54) is 0 Å². The fourth-order valence-corrected chi connectivity index (χ4v) is 1.41. The second kappa shape index (κ2) is 5.49. The van der Waals surface area contributed by atoms with Crippen molar-refractivity contribution in [3.63, 3.8) is 0 Å². The molecule has 0 N–H and O–H groups in total. The van der Waals surface area contributed by atoms with Gasteiger partial charge in [0.2, 0.25) is 0 Å². The second-order valence-corrected chi connectivity index (χ2v) is 4.19. The third-order valence-electron chi connectivity index (χ3n) is 1.66. The van der Waals surface area contributed by atoms with Crippen LogP contribution < -0.4 is 29.6 Å². The summed E-state index contributed by atoms with van der Waals surface area (Å²) in [5, 5.41) is 0. The monoisotopic (exact) mass is 276 g/mol. The van der Waals surface area contributed by atoms with Crippen LogP contribution in [0.2, 0.25) is 0 Å². The molecule has 0 bridgehead atoms. The fraction of sp³-hybridized carbons (Fsp3) is 0.125. The zero-order chi connectivity index (χ0) is 12.6. The van der Waals surface area contributed by atoms with Crippen molar-refractivity contribution >= 4 is 15.9 Å². The van der Waals surface area contributed by atoms with Crippen molar-refractivity contribution in [1.82, 2.24) is 0 Å². The molecular formula is C8H4F3NaO4S. The third-order valence-corrected chi connectivity index (χ3v) is 2.51. The Morgan fingerprint density at radius 3 is 1.82 bits per heavy atom. The number of alkyl halides is 3. The molecule has 88 valence electrons. The van der Waals surface area contributed by atoms with Gasteiger partial charge in [0.25, 0.3) is 5.78 Å². The largest absolute Gasteiger partial charge is 1.00 e. The molecule has 0 saturated heterocycles. The van der Waals surface area contributed by atoms with Crippen LogP contribution in [-0.2, 0) is 10.1 Å². The summed E-state index contributed by atoms with van der Waals surface area (Å²) in [7, 11) is -4.72. The normalized spacial score (nSPS) is 11.8. The molecule has 0 aromatic heterocycles. The summed E-state index contributed by atoms with van der Waals surface area (Å²) in [4.78, 5) is 9.99. The second-order valence-electron chi connectivity index (χ2n) is 2.81. The maximum atomic E-state index is 11.9. The predicted molar refractivity (Wildman–Crippen MR) is 44.8 cm³/mol. The molecule has 9 heteroatoms. The van der Waals surface area contributed by atoms with Gasteiger partial charge in [-0.25, -0.2) is 8.42 Å². The molecule has 4 nitrogen and oxygen atoms in total. The third kappa shape index (κ3) is 4.40.